The second-order valence-corrected chi connectivity index (χ2v) is 8.76. The molecule has 6 heteroatoms. The summed E-state index contributed by atoms with van der Waals surface area (Å²) in [5.74, 6) is 1.27. The molecule has 0 aliphatic rings. The molecule has 0 saturated heterocycles. The second kappa shape index (κ2) is 12.1. The zero-order chi connectivity index (χ0) is 27.1. The fraction of sp³-hybridized carbons (Fsp3) is 0.188. The van der Waals surface area contributed by atoms with Crippen LogP contribution in [0.25, 0.3) is 11.1 Å². The Hall–Kier alpha value is -4.58. The van der Waals surface area contributed by atoms with Crippen molar-refractivity contribution in [2.75, 3.05) is 28.4 Å². The Balaban J connectivity index is 1.66. The summed E-state index contributed by atoms with van der Waals surface area (Å²) < 4.78 is 21.6. The van der Waals surface area contributed by atoms with Crippen molar-refractivity contribution < 1.29 is 28.5 Å². The van der Waals surface area contributed by atoms with Crippen molar-refractivity contribution in [1.82, 2.24) is 0 Å². The maximum atomic E-state index is 13.2. The molecule has 0 N–H and O–H groups in total. The van der Waals surface area contributed by atoms with E-state index in [-0.39, 0.29) is 11.1 Å². The number of Topliss-reactive ketones (excluding diaryl/α,β-unsaturated/α-hetero) is 2. The van der Waals surface area contributed by atoms with Gasteiger partial charge in [0.25, 0.3) is 0 Å². The van der Waals surface area contributed by atoms with Gasteiger partial charge < -0.3 is 18.9 Å². The molecule has 194 valence electrons. The van der Waals surface area contributed by atoms with Crippen molar-refractivity contribution in [3.63, 3.8) is 0 Å². The van der Waals surface area contributed by atoms with Crippen LogP contribution in [0.15, 0.2) is 84.9 Å². The fourth-order valence-electron chi connectivity index (χ4n) is 4.25. The van der Waals surface area contributed by atoms with E-state index in [9.17, 15) is 9.59 Å². The molecule has 4 aromatic carbocycles. The molecule has 4 aromatic rings. The van der Waals surface area contributed by atoms with Crippen molar-refractivity contribution in [2.24, 2.45) is 0 Å². The first-order valence-corrected chi connectivity index (χ1v) is 12.2. The molecule has 38 heavy (non-hydrogen) atoms. The third kappa shape index (κ3) is 6.21. The van der Waals surface area contributed by atoms with Crippen LogP contribution in [0.1, 0.15) is 31.8 Å². The number of carbonyl (C=O) groups excluding carboxylic acids is 2. The highest BCUT2D eigenvalue weighted by molar-refractivity contribution is 6.49. The SMILES string of the molecule is COc1cccc(CCc2cc(OC)cc(-c3cc(OC)cc(C(=O)C(=O)c4cccc(OC)c4)c3)c2)c1. The molecule has 0 aromatic heterocycles. The van der Waals surface area contributed by atoms with Gasteiger partial charge in [-0.1, -0.05) is 30.3 Å². The number of methoxy groups -OCH3 is 4. The minimum absolute atomic E-state index is 0.243. The topological polar surface area (TPSA) is 71.1 Å². The lowest BCUT2D eigenvalue weighted by molar-refractivity contribution is 0.0816. The lowest BCUT2D eigenvalue weighted by atomic mass is 9.95. The zero-order valence-corrected chi connectivity index (χ0v) is 21.9. The second-order valence-electron chi connectivity index (χ2n) is 8.76. The Morgan fingerprint density at radius 1 is 0.500 bits per heavy atom. The average Bonchev–Trinajstić information content (AvgIpc) is 2.98. The molecular weight excluding hydrogens is 480 g/mol. The van der Waals surface area contributed by atoms with Crippen LogP contribution in [0, 0.1) is 0 Å². The van der Waals surface area contributed by atoms with Gasteiger partial charge in [-0.05, 0) is 89.7 Å². The molecular formula is C32H30O6. The number of benzene rings is 4. The van der Waals surface area contributed by atoms with Crippen molar-refractivity contribution in [3.8, 4) is 34.1 Å². The number of ketones is 2. The standard InChI is InChI=1S/C32H30O6/c1-35-27-9-5-7-21(14-27)11-12-22-13-24(18-29(15-22)37-3)25-16-26(20-30(19-25)38-4)32(34)31(33)23-8-6-10-28(17-23)36-2/h5-10,13-20H,11-12H2,1-4H3. The van der Waals surface area contributed by atoms with Gasteiger partial charge in [-0.2, -0.15) is 0 Å². The van der Waals surface area contributed by atoms with Crippen LogP contribution in [0.2, 0.25) is 0 Å². The summed E-state index contributed by atoms with van der Waals surface area (Å²) in [5, 5.41) is 0. The van der Waals surface area contributed by atoms with Gasteiger partial charge in [0.05, 0.1) is 28.4 Å². The lowest BCUT2D eigenvalue weighted by Crippen LogP contribution is -2.14. The summed E-state index contributed by atoms with van der Waals surface area (Å²) >= 11 is 0. The van der Waals surface area contributed by atoms with Gasteiger partial charge in [-0.3, -0.25) is 9.59 Å². The van der Waals surface area contributed by atoms with E-state index in [2.05, 4.69) is 12.1 Å². The maximum absolute atomic E-state index is 13.2. The zero-order valence-electron chi connectivity index (χ0n) is 21.9. The van der Waals surface area contributed by atoms with Crippen LogP contribution in [-0.4, -0.2) is 40.0 Å². The number of ether oxygens (including phenoxy) is 4. The van der Waals surface area contributed by atoms with E-state index in [1.807, 2.05) is 36.4 Å². The molecule has 0 bridgehead atoms. The number of hydrogen-bond donors (Lipinski definition) is 0. The van der Waals surface area contributed by atoms with E-state index in [4.69, 9.17) is 18.9 Å². The van der Waals surface area contributed by atoms with Crippen LogP contribution in [0.4, 0.5) is 0 Å². The Bertz CT molecular complexity index is 1460. The first-order chi connectivity index (χ1) is 18.4. The number of rotatable bonds is 11. The molecule has 0 spiro atoms. The normalized spacial score (nSPS) is 10.5. The highest BCUT2D eigenvalue weighted by Crippen LogP contribution is 2.31. The van der Waals surface area contributed by atoms with E-state index in [1.165, 1.54) is 19.8 Å². The largest absolute Gasteiger partial charge is 0.497 e. The molecule has 0 aliphatic heterocycles. The summed E-state index contributed by atoms with van der Waals surface area (Å²) in [6.07, 6.45) is 1.60. The molecule has 0 unspecified atom stereocenters. The summed E-state index contributed by atoms with van der Waals surface area (Å²) in [5.41, 5.74) is 4.34. The quantitative estimate of drug-likeness (QED) is 0.176. The molecule has 0 atom stereocenters. The van der Waals surface area contributed by atoms with Crippen LogP contribution < -0.4 is 18.9 Å². The molecule has 0 amide bonds. The van der Waals surface area contributed by atoms with Crippen LogP contribution >= 0.6 is 0 Å². The molecule has 6 nitrogen and oxygen atoms in total. The van der Waals surface area contributed by atoms with Crippen molar-refractivity contribution in [1.29, 1.82) is 0 Å². The van der Waals surface area contributed by atoms with Crippen molar-refractivity contribution >= 4 is 11.6 Å². The minimum atomic E-state index is -0.625. The Morgan fingerprint density at radius 2 is 1.00 bits per heavy atom. The smallest absolute Gasteiger partial charge is 0.233 e. The van der Waals surface area contributed by atoms with Gasteiger partial charge in [-0.15, -0.1) is 0 Å². The Kier molecular flexibility index (Phi) is 8.44. The van der Waals surface area contributed by atoms with Crippen LogP contribution in [0.3, 0.4) is 0 Å². The molecule has 0 fully saturated rings. The van der Waals surface area contributed by atoms with Gasteiger partial charge in [-0.25, -0.2) is 0 Å². The average molecular weight is 511 g/mol. The first kappa shape index (κ1) is 26.5. The van der Waals surface area contributed by atoms with Gasteiger partial charge >= 0.3 is 0 Å². The van der Waals surface area contributed by atoms with E-state index in [0.29, 0.717) is 17.2 Å². The molecule has 4 rings (SSSR count). The molecule has 0 heterocycles. The van der Waals surface area contributed by atoms with Crippen LogP contribution in [-0.2, 0) is 12.8 Å². The highest BCUT2D eigenvalue weighted by Gasteiger charge is 2.21. The predicted molar refractivity (Wildman–Crippen MR) is 147 cm³/mol. The van der Waals surface area contributed by atoms with Gasteiger partial charge in [0.15, 0.2) is 0 Å². The minimum Gasteiger partial charge on any atom is -0.497 e. The molecule has 0 aliphatic carbocycles. The van der Waals surface area contributed by atoms with E-state index < -0.39 is 11.6 Å². The van der Waals surface area contributed by atoms with Gasteiger partial charge in [0.2, 0.25) is 11.6 Å². The summed E-state index contributed by atoms with van der Waals surface area (Å²) in [4.78, 5) is 26.2. The summed E-state index contributed by atoms with van der Waals surface area (Å²) in [6, 6.07) is 25.7. The number of carbonyl (C=O) groups is 2. The monoisotopic (exact) mass is 510 g/mol. The molecule has 0 radical (unpaired) electrons. The van der Waals surface area contributed by atoms with Crippen molar-refractivity contribution in [3.05, 3.63) is 107 Å². The lowest BCUT2D eigenvalue weighted by Gasteiger charge is -2.13. The first-order valence-electron chi connectivity index (χ1n) is 12.2. The third-order valence-electron chi connectivity index (χ3n) is 6.31. The van der Waals surface area contributed by atoms with E-state index >= 15 is 0 Å². The number of hydrogen-bond acceptors (Lipinski definition) is 6. The summed E-state index contributed by atoms with van der Waals surface area (Å²) in [7, 11) is 6.32. The van der Waals surface area contributed by atoms with Crippen LogP contribution in [0.5, 0.6) is 23.0 Å². The van der Waals surface area contributed by atoms with E-state index in [0.717, 1.165) is 35.3 Å². The molecule has 0 saturated carbocycles. The number of aryl methyl sites for hydroxylation is 2. The highest BCUT2D eigenvalue weighted by atomic mass is 16.5. The Labute approximate surface area is 222 Å². The fourth-order valence-corrected chi connectivity index (χ4v) is 4.25. The van der Waals surface area contributed by atoms with Gasteiger partial charge in [0, 0.05) is 11.1 Å². The predicted octanol–water partition coefficient (Wildman–Crippen LogP) is 6.24. The maximum Gasteiger partial charge on any atom is 0.233 e. The Morgan fingerprint density at radius 3 is 1.68 bits per heavy atom. The van der Waals surface area contributed by atoms with Gasteiger partial charge in [0.1, 0.15) is 23.0 Å². The van der Waals surface area contributed by atoms with Crippen molar-refractivity contribution in [2.45, 2.75) is 12.8 Å². The van der Waals surface area contributed by atoms with E-state index in [1.54, 1.807) is 50.6 Å². The summed E-state index contributed by atoms with van der Waals surface area (Å²) in [6.45, 7) is 0. The third-order valence-corrected chi connectivity index (χ3v) is 6.31.